The molecule has 0 unspecified atom stereocenters. The van der Waals surface area contributed by atoms with E-state index in [0.29, 0.717) is 11.3 Å². The van der Waals surface area contributed by atoms with E-state index in [1.165, 1.54) is 23.9 Å². The molecule has 0 atom stereocenters. The number of benzene rings is 2. The Bertz CT molecular complexity index is 1040. The summed E-state index contributed by atoms with van der Waals surface area (Å²) in [5, 5.41) is 0.901. The molecule has 0 N–H and O–H groups in total. The first-order valence-electron chi connectivity index (χ1n) is 8.28. The van der Waals surface area contributed by atoms with Crippen LogP contribution in [0.2, 0.25) is 0 Å². The van der Waals surface area contributed by atoms with Crippen LogP contribution in [0.4, 0.5) is 4.39 Å². The van der Waals surface area contributed by atoms with Crippen LogP contribution in [0.3, 0.4) is 0 Å². The lowest BCUT2D eigenvalue weighted by Gasteiger charge is -2.07. The SMILES string of the molecule is O=C(CSc1ccc(F)cc1)Oc1ccc2c3c(c(=O)oc2c1)CCC3. The molecular weight excluding hydrogens is 355 g/mol. The second kappa shape index (κ2) is 6.96. The maximum Gasteiger partial charge on any atom is 0.339 e. The van der Waals surface area contributed by atoms with Crippen LogP contribution in [-0.2, 0) is 17.6 Å². The van der Waals surface area contributed by atoms with E-state index in [9.17, 15) is 14.0 Å². The number of fused-ring (bicyclic) bond motifs is 3. The fourth-order valence-electron chi connectivity index (χ4n) is 3.16. The third-order valence-corrected chi connectivity index (χ3v) is 5.33. The van der Waals surface area contributed by atoms with Gasteiger partial charge < -0.3 is 9.15 Å². The number of rotatable bonds is 4. The zero-order chi connectivity index (χ0) is 18.1. The van der Waals surface area contributed by atoms with Crippen molar-refractivity contribution in [2.45, 2.75) is 24.2 Å². The Kier molecular flexibility index (Phi) is 4.51. The summed E-state index contributed by atoms with van der Waals surface area (Å²) in [5.41, 5.74) is 1.94. The molecule has 4 rings (SSSR count). The van der Waals surface area contributed by atoms with Gasteiger partial charge in [-0.2, -0.15) is 0 Å². The molecule has 0 radical (unpaired) electrons. The quantitative estimate of drug-likeness (QED) is 0.299. The fourth-order valence-corrected chi connectivity index (χ4v) is 3.83. The normalized spacial score (nSPS) is 13.0. The molecule has 1 aromatic heterocycles. The van der Waals surface area contributed by atoms with Gasteiger partial charge in [-0.25, -0.2) is 9.18 Å². The molecule has 0 amide bonds. The second-order valence-electron chi connectivity index (χ2n) is 6.07. The summed E-state index contributed by atoms with van der Waals surface area (Å²) in [6.07, 6.45) is 2.58. The van der Waals surface area contributed by atoms with E-state index in [0.717, 1.165) is 40.7 Å². The van der Waals surface area contributed by atoms with E-state index in [-0.39, 0.29) is 17.2 Å². The fraction of sp³-hybridized carbons (Fsp3) is 0.200. The van der Waals surface area contributed by atoms with Crippen LogP contribution in [0, 0.1) is 5.82 Å². The molecule has 4 nitrogen and oxygen atoms in total. The molecule has 3 aromatic rings. The summed E-state index contributed by atoms with van der Waals surface area (Å²) in [7, 11) is 0. The summed E-state index contributed by atoms with van der Waals surface area (Å²) in [5.74, 6) is -0.316. The van der Waals surface area contributed by atoms with Gasteiger partial charge in [-0.05, 0) is 61.2 Å². The van der Waals surface area contributed by atoms with Gasteiger partial charge in [0.1, 0.15) is 17.1 Å². The van der Waals surface area contributed by atoms with Crippen molar-refractivity contribution in [2.75, 3.05) is 5.75 Å². The number of hydrogen-bond donors (Lipinski definition) is 0. The third-order valence-electron chi connectivity index (χ3n) is 4.35. The first kappa shape index (κ1) is 16.8. The smallest absolute Gasteiger partial charge is 0.339 e. The van der Waals surface area contributed by atoms with E-state index in [1.54, 1.807) is 24.3 Å². The van der Waals surface area contributed by atoms with Gasteiger partial charge in [0.2, 0.25) is 0 Å². The van der Waals surface area contributed by atoms with Crippen molar-refractivity contribution in [1.82, 2.24) is 0 Å². The highest BCUT2D eigenvalue weighted by molar-refractivity contribution is 8.00. The summed E-state index contributed by atoms with van der Waals surface area (Å²) in [6.45, 7) is 0. The third kappa shape index (κ3) is 3.37. The average molecular weight is 370 g/mol. The van der Waals surface area contributed by atoms with Crippen molar-refractivity contribution in [1.29, 1.82) is 0 Å². The van der Waals surface area contributed by atoms with Gasteiger partial charge in [-0.3, -0.25) is 4.79 Å². The topological polar surface area (TPSA) is 56.5 Å². The lowest BCUT2D eigenvalue weighted by atomic mass is 10.1. The van der Waals surface area contributed by atoms with Crippen LogP contribution in [0.1, 0.15) is 17.5 Å². The minimum absolute atomic E-state index is 0.0950. The Morgan fingerprint density at radius 1 is 1.12 bits per heavy atom. The highest BCUT2D eigenvalue weighted by atomic mass is 32.2. The van der Waals surface area contributed by atoms with Crippen LogP contribution in [0.15, 0.2) is 56.6 Å². The van der Waals surface area contributed by atoms with Crippen LogP contribution in [-0.4, -0.2) is 11.7 Å². The average Bonchev–Trinajstić information content (AvgIpc) is 3.12. The number of aryl methyl sites for hydroxylation is 1. The Morgan fingerprint density at radius 3 is 2.69 bits per heavy atom. The van der Waals surface area contributed by atoms with E-state index in [4.69, 9.17) is 9.15 Å². The van der Waals surface area contributed by atoms with Crippen molar-refractivity contribution in [3.8, 4) is 5.75 Å². The largest absolute Gasteiger partial charge is 0.426 e. The minimum atomic E-state index is -0.429. The first-order valence-corrected chi connectivity index (χ1v) is 9.26. The zero-order valence-electron chi connectivity index (χ0n) is 13.8. The molecule has 132 valence electrons. The molecular formula is C20H15FO4S. The van der Waals surface area contributed by atoms with Gasteiger partial charge in [0.15, 0.2) is 0 Å². The molecule has 1 aliphatic rings. The molecule has 0 saturated heterocycles. The van der Waals surface area contributed by atoms with Crippen LogP contribution in [0.25, 0.3) is 11.0 Å². The molecule has 0 spiro atoms. The second-order valence-corrected chi connectivity index (χ2v) is 7.12. The number of hydrogen-bond acceptors (Lipinski definition) is 5. The monoisotopic (exact) mass is 370 g/mol. The number of carbonyl (C=O) groups excluding carboxylic acids is 1. The van der Waals surface area contributed by atoms with Crippen molar-refractivity contribution in [3.05, 3.63) is 69.8 Å². The number of esters is 1. The maximum absolute atomic E-state index is 12.9. The summed E-state index contributed by atoms with van der Waals surface area (Å²) >= 11 is 1.26. The predicted octanol–water partition coefficient (Wildman–Crippen LogP) is 4.12. The molecule has 0 bridgehead atoms. The standard InChI is InChI=1S/C20H15FO4S/c21-12-4-7-14(8-5-12)26-11-19(22)24-13-6-9-16-15-2-1-3-17(15)20(23)25-18(16)10-13/h4-10H,1-3,11H2. The lowest BCUT2D eigenvalue weighted by Crippen LogP contribution is -2.11. The lowest BCUT2D eigenvalue weighted by molar-refractivity contribution is -0.131. The van der Waals surface area contributed by atoms with Gasteiger partial charge in [0, 0.05) is 21.9 Å². The molecule has 1 aliphatic carbocycles. The molecule has 0 aliphatic heterocycles. The highest BCUT2D eigenvalue weighted by Gasteiger charge is 2.20. The Labute approximate surface area is 153 Å². The van der Waals surface area contributed by atoms with E-state index in [2.05, 4.69) is 0 Å². The van der Waals surface area contributed by atoms with Gasteiger partial charge in [-0.1, -0.05) is 0 Å². The molecule has 2 aromatic carbocycles. The van der Waals surface area contributed by atoms with E-state index >= 15 is 0 Å². The summed E-state index contributed by atoms with van der Waals surface area (Å²) in [4.78, 5) is 24.9. The summed E-state index contributed by atoms with van der Waals surface area (Å²) < 4.78 is 23.6. The highest BCUT2D eigenvalue weighted by Crippen LogP contribution is 2.30. The number of halogens is 1. The number of ether oxygens (including phenoxy) is 1. The molecule has 6 heteroatoms. The van der Waals surface area contributed by atoms with Gasteiger partial charge >= 0.3 is 11.6 Å². The van der Waals surface area contributed by atoms with Crippen LogP contribution < -0.4 is 10.4 Å². The number of thioether (sulfide) groups is 1. The Morgan fingerprint density at radius 2 is 1.88 bits per heavy atom. The van der Waals surface area contributed by atoms with Gasteiger partial charge in [0.25, 0.3) is 0 Å². The van der Waals surface area contributed by atoms with Crippen molar-refractivity contribution >= 4 is 28.7 Å². The molecule has 1 heterocycles. The molecule has 26 heavy (non-hydrogen) atoms. The Hall–Kier alpha value is -2.60. The number of carbonyl (C=O) groups is 1. The molecule has 0 saturated carbocycles. The van der Waals surface area contributed by atoms with E-state index < -0.39 is 5.97 Å². The van der Waals surface area contributed by atoms with Gasteiger partial charge in [-0.15, -0.1) is 11.8 Å². The zero-order valence-corrected chi connectivity index (χ0v) is 14.6. The Balaban J connectivity index is 1.48. The predicted molar refractivity (Wildman–Crippen MR) is 97.3 cm³/mol. The maximum atomic E-state index is 12.9. The van der Waals surface area contributed by atoms with Crippen molar-refractivity contribution in [3.63, 3.8) is 0 Å². The van der Waals surface area contributed by atoms with Crippen LogP contribution >= 0.6 is 11.8 Å². The molecule has 0 fully saturated rings. The van der Waals surface area contributed by atoms with Gasteiger partial charge in [0.05, 0.1) is 5.75 Å². The first-order chi connectivity index (χ1) is 12.6. The van der Waals surface area contributed by atoms with Crippen LogP contribution in [0.5, 0.6) is 5.75 Å². The van der Waals surface area contributed by atoms with Crippen molar-refractivity contribution < 1.29 is 18.3 Å². The summed E-state index contributed by atoms with van der Waals surface area (Å²) in [6, 6.07) is 11.0. The van der Waals surface area contributed by atoms with Crippen molar-refractivity contribution in [2.24, 2.45) is 0 Å². The van der Waals surface area contributed by atoms with E-state index in [1.807, 2.05) is 6.07 Å². The minimum Gasteiger partial charge on any atom is -0.426 e.